The number of rotatable bonds is 4. The fourth-order valence-corrected chi connectivity index (χ4v) is 2.67. The van der Waals surface area contributed by atoms with Gasteiger partial charge in [0.25, 0.3) is 5.56 Å². The van der Waals surface area contributed by atoms with Crippen LogP contribution in [0, 0.1) is 19.7 Å². The molecule has 24 heavy (non-hydrogen) atoms. The van der Waals surface area contributed by atoms with E-state index in [4.69, 9.17) is 0 Å². The minimum atomic E-state index is -0.305. The topological polar surface area (TPSA) is 34.9 Å². The van der Waals surface area contributed by atoms with E-state index in [0.717, 1.165) is 17.5 Å². The molecular formula is C20H19FN2O. The van der Waals surface area contributed by atoms with E-state index in [2.05, 4.69) is 4.98 Å². The van der Waals surface area contributed by atoms with Crippen molar-refractivity contribution in [2.24, 2.45) is 0 Å². The Morgan fingerprint density at radius 3 is 2.33 bits per heavy atom. The molecule has 0 saturated heterocycles. The molecule has 0 aliphatic heterocycles. The Balaban J connectivity index is 2.04. The molecule has 3 aromatic rings. The minimum absolute atomic E-state index is 0.0437. The Morgan fingerprint density at radius 2 is 1.67 bits per heavy atom. The van der Waals surface area contributed by atoms with Gasteiger partial charge in [-0.05, 0) is 50.1 Å². The number of nitrogens with zero attached hydrogens (tertiary/aromatic N) is 2. The highest BCUT2D eigenvalue weighted by atomic mass is 19.1. The van der Waals surface area contributed by atoms with Gasteiger partial charge in [-0.25, -0.2) is 9.37 Å². The number of aromatic nitrogens is 2. The summed E-state index contributed by atoms with van der Waals surface area (Å²) in [6, 6.07) is 16.1. The van der Waals surface area contributed by atoms with Crippen molar-refractivity contribution >= 4 is 0 Å². The van der Waals surface area contributed by atoms with E-state index in [1.165, 1.54) is 12.1 Å². The number of aryl methyl sites for hydroxylation is 2. The maximum absolute atomic E-state index is 13.2. The predicted octanol–water partition coefficient (Wildman–Crippen LogP) is 3.91. The Labute approximate surface area is 140 Å². The molecule has 3 nitrogen and oxygen atoms in total. The third-order valence-electron chi connectivity index (χ3n) is 4.21. The summed E-state index contributed by atoms with van der Waals surface area (Å²) in [4.78, 5) is 17.3. The predicted molar refractivity (Wildman–Crippen MR) is 93.5 cm³/mol. The minimum Gasteiger partial charge on any atom is -0.292 e. The third kappa shape index (κ3) is 3.27. The van der Waals surface area contributed by atoms with Crippen LogP contribution in [-0.4, -0.2) is 9.55 Å². The van der Waals surface area contributed by atoms with E-state index in [0.29, 0.717) is 23.6 Å². The molecule has 2 aromatic carbocycles. The molecule has 0 unspecified atom stereocenters. The van der Waals surface area contributed by atoms with E-state index in [9.17, 15) is 9.18 Å². The molecule has 0 amide bonds. The molecule has 0 atom stereocenters. The summed E-state index contributed by atoms with van der Waals surface area (Å²) in [7, 11) is 0. The zero-order valence-electron chi connectivity index (χ0n) is 13.8. The largest absolute Gasteiger partial charge is 0.292 e. The zero-order chi connectivity index (χ0) is 17.1. The Kier molecular flexibility index (Phi) is 4.56. The van der Waals surface area contributed by atoms with E-state index >= 15 is 0 Å². The lowest BCUT2D eigenvalue weighted by Gasteiger charge is -2.15. The van der Waals surface area contributed by atoms with Gasteiger partial charge >= 0.3 is 0 Å². The number of halogens is 1. The quantitative estimate of drug-likeness (QED) is 0.730. The van der Waals surface area contributed by atoms with Gasteiger partial charge in [0.05, 0.1) is 0 Å². The van der Waals surface area contributed by atoms with Crippen molar-refractivity contribution in [3.8, 4) is 11.4 Å². The Hall–Kier alpha value is -2.75. The van der Waals surface area contributed by atoms with Crippen LogP contribution in [0.4, 0.5) is 4.39 Å². The number of benzene rings is 2. The second kappa shape index (κ2) is 6.79. The number of hydrogen-bond donors (Lipinski definition) is 0. The highest BCUT2D eigenvalue weighted by Gasteiger charge is 2.13. The molecular weight excluding hydrogens is 303 g/mol. The number of hydrogen-bond acceptors (Lipinski definition) is 2. The highest BCUT2D eigenvalue weighted by Crippen LogP contribution is 2.18. The molecule has 1 aromatic heterocycles. The molecule has 0 spiro atoms. The summed E-state index contributed by atoms with van der Waals surface area (Å²) in [6.45, 7) is 4.15. The Morgan fingerprint density at radius 1 is 1.00 bits per heavy atom. The lowest BCUT2D eigenvalue weighted by molar-refractivity contribution is 0.627. The van der Waals surface area contributed by atoms with Crippen molar-refractivity contribution in [2.75, 3.05) is 0 Å². The van der Waals surface area contributed by atoms with Crippen LogP contribution < -0.4 is 5.56 Å². The summed E-state index contributed by atoms with van der Waals surface area (Å²) in [5, 5.41) is 0. The fourth-order valence-electron chi connectivity index (χ4n) is 2.67. The lowest BCUT2D eigenvalue weighted by atomic mass is 10.1. The Bertz CT molecular complexity index is 899. The van der Waals surface area contributed by atoms with Crippen LogP contribution in [0.1, 0.15) is 16.8 Å². The standard InChI is InChI=1S/C20H19FN2O/c1-14-15(2)22-19(17-8-10-18(21)11-9-17)23(20(14)24)13-12-16-6-4-3-5-7-16/h3-11H,12-13H2,1-2H3. The normalized spacial score (nSPS) is 10.8. The van der Waals surface area contributed by atoms with Crippen LogP contribution in [0.2, 0.25) is 0 Å². The first-order valence-electron chi connectivity index (χ1n) is 7.94. The molecule has 0 radical (unpaired) electrons. The monoisotopic (exact) mass is 322 g/mol. The highest BCUT2D eigenvalue weighted by molar-refractivity contribution is 5.55. The third-order valence-corrected chi connectivity index (χ3v) is 4.21. The fraction of sp³-hybridized carbons (Fsp3) is 0.200. The smallest absolute Gasteiger partial charge is 0.256 e. The maximum atomic E-state index is 13.2. The van der Waals surface area contributed by atoms with Crippen LogP contribution in [0.15, 0.2) is 59.4 Å². The van der Waals surface area contributed by atoms with Gasteiger partial charge in [-0.2, -0.15) is 0 Å². The van der Waals surface area contributed by atoms with Gasteiger partial charge < -0.3 is 0 Å². The van der Waals surface area contributed by atoms with Gasteiger partial charge in [0.2, 0.25) is 0 Å². The van der Waals surface area contributed by atoms with Gasteiger partial charge in [-0.15, -0.1) is 0 Å². The first-order chi connectivity index (χ1) is 11.6. The molecule has 0 N–H and O–H groups in total. The van der Waals surface area contributed by atoms with Crippen molar-refractivity contribution in [1.82, 2.24) is 9.55 Å². The molecule has 0 aliphatic carbocycles. The molecule has 0 aliphatic rings. The summed E-state index contributed by atoms with van der Waals surface area (Å²) in [5.74, 6) is 0.278. The first-order valence-corrected chi connectivity index (χ1v) is 7.94. The molecule has 1 heterocycles. The zero-order valence-corrected chi connectivity index (χ0v) is 13.8. The summed E-state index contributed by atoms with van der Waals surface area (Å²) in [6.07, 6.45) is 0.735. The molecule has 0 bridgehead atoms. The summed E-state index contributed by atoms with van der Waals surface area (Å²) < 4.78 is 14.9. The second-order valence-corrected chi connectivity index (χ2v) is 5.85. The summed E-state index contributed by atoms with van der Waals surface area (Å²) >= 11 is 0. The van der Waals surface area contributed by atoms with Gasteiger partial charge in [-0.1, -0.05) is 30.3 Å². The van der Waals surface area contributed by atoms with Crippen molar-refractivity contribution in [3.05, 3.63) is 87.6 Å². The molecule has 4 heteroatoms. The SMILES string of the molecule is Cc1nc(-c2ccc(F)cc2)n(CCc2ccccc2)c(=O)c1C. The van der Waals surface area contributed by atoms with Gasteiger partial charge in [0.1, 0.15) is 11.6 Å². The van der Waals surface area contributed by atoms with Crippen LogP contribution in [0.5, 0.6) is 0 Å². The van der Waals surface area contributed by atoms with E-state index in [1.54, 1.807) is 23.6 Å². The summed E-state index contributed by atoms with van der Waals surface area (Å²) in [5.41, 5.74) is 3.21. The van der Waals surface area contributed by atoms with Gasteiger partial charge in [-0.3, -0.25) is 9.36 Å². The van der Waals surface area contributed by atoms with Crippen LogP contribution in [0.3, 0.4) is 0 Å². The van der Waals surface area contributed by atoms with E-state index in [-0.39, 0.29) is 11.4 Å². The first kappa shape index (κ1) is 16.1. The average Bonchev–Trinajstić information content (AvgIpc) is 2.60. The van der Waals surface area contributed by atoms with Crippen molar-refractivity contribution in [2.45, 2.75) is 26.8 Å². The average molecular weight is 322 g/mol. The maximum Gasteiger partial charge on any atom is 0.256 e. The lowest BCUT2D eigenvalue weighted by Crippen LogP contribution is -2.27. The van der Waals surface area contributed by atoms with Crippen molar-refractivity contribution in [1.29, 1.82) is 0 Å². The van der Waals surface area contributed by atoms with Gasteiger partial charge in [0, 0.05) is 23.4 Å². The molecule has 0 fully saturated rings. The second-order valence-electron chi connectivity index (χ2n) is 5.85. The van der Waals surface area contributed by atoms with E-state index in [1.807, 2.05) is 37.3 Å². The van der Waals surface area contributed by atoms with Crippen LogP contribution in [-0.2, 0) is 13.0 Å². The molecule has 122 valence electrons. The van der Waals surface area contributed by atoms with E-state index < -0.39 is 0 Å². The molecule has 3 rings (SSSR count). The van der Waals surface area contributed by atoms with Crippen LogP contribution >= 0.6 is 0 Å². The van der Waals surface area contributed by atoms with Crippen molar-refractivity contribution in [3.63, 3.8) is 0 Å². The van der Waals surface area contributed by atoms with Gasteiger partial charge in [0.15, 0.2) is 0 Å². The van der Waals surface area contributed by atoms with Crippen molar-refractivity contribution < 1.29 is 4.39 Å². The molecule has 0 saturated carbocycles. The van der Waals surface area contributed by atoms with Crippen LogP contribution in [0.25, 0.3) is 11.4 Å².